The van der Waals surface area contributed by atoms with Gasteiger partial charge in [-0.1, -0.05) is 41.5 Å². The highest BCUT2D eigenvalue weighted by molar-refractivity contribution is 6.74. The molecule has 1 heterocycles. The Labute approximate surface area is 150 Å². The summed E-state index contributed by atoms with van der Waals surface area (Å²) in [4.78, 5) is 0. The van der Waals surface area contributed by atoms with Gasteiger partial charge in [0, 0.05) is 0 Å². The van der Waals surface area contributed by atoms with Crippen molar-refractivity contribution >= 4 is 16.6 Å². The SMILES string of the molecule is CC(C)(C)[Si](C)(C)OC[C@H]1O[C@H](O)[C@H](O)[C@@H]1O[Si](C)(C)C(C)(C)C. The molecule has 5 nitrogen and oxygen atoms in total. The monoisotopic (exact) mass is 378 g/mol. The van der Waals surface area contributed by atoms with Gasteiger partial charge in [-0.2, -0.15) is 0 Å². The Morgan fingerprint density at radius 3 is 1.75 bits per heavy atom. The molecule has 0 aromatic carbocycles. The van der Waals surface area contributed by atoms with Crippen LogP contribution < -0.4 is 0 Å². The van der Waals surface area contributed by atoms with Gasteiger partial charge in [-0.15, -0.1) is 0 Å². The maximum atomic E-state index is 10.3. The lowest BCUT2D eigenvalue weighted by atomic mass is 10.1. The third-order valence-corrected chi connectivity index (χ3v) is 14.9. The van der Waals surface area contributed by atoms with Gasteiger partial charge in [0.2, 0.25) is 0 Å². The van der Waals surface area contributed by atoms with Crippen molar-refractivity contribution in [1.29, 1.82) is 0 Å². The van der Waals surface area contributed by atoms with Crippen LogP contribution in [0.3, 0.4) is 0 Å². The number of ether oxygens (including phenoxy) is 1. The summed E-state index contributed by atoms with van der Waals surface area (Å²) in [6.07, 6.45) is -3.25. The highest BCUT2D eigenvalue weighted by atomic mass is 28.4. The van der Waals surface area contributed by atoms with Crippen LogP contribution in [0.5, 0.6) is 0 Å². The van der Waals surface area contributed by atoms with E-state index < -0.39 is 41.2 Å². The van der Waals surface area contributed by atoms with Gasteiger partial charge in [0.15, 0.2) is 22.9 Å². The molecule has 0 saturated carbocycles. The Morgan fingerprint density at radius 2 is 1.33 bits per heavy atom. The molecule has 7 heteroatoms. The average Bonchev–Trinajstić information content (AvgIpc) is 2.61. The summed E-state index contributed by atoms with van der Waals surface area (Å²) in [5.41, 5.74) is 0. The van der Waals surface area contributed by atoms with Crippen molar-refractivity contribution in [2.75, 3.05) is 6.61 Å². The van der Waals surface area contributed by atoms with E-state index in [9.17, 15) is 10.2 Å². The second-order valence-corrected chi connectivity index (χ2v) is 19.5. The van der Waals surface area contributed by atoms with Gasteiger partial charge in [-0.25, -0.2) is 0 Å². The number of hydrogen-bond donors (Lipinski definition) is 2. The normalized spacial score (nSPS) is 30.0. The summed E-state index contributed by atoms with van der Waals surface area (Å²) in [7, 11) is -4.02. The Morgan fingerprint density at radius 1 is 0.875 bits per heavy atom. The molecule has 1 saturated heterocycles. The minimum atomic E-state index is -2.09. The lowest BCUT2D eigenvalue weighted by Gasteiger charge is -2.41. The molecule has 144 valence electrons. The van der Waals surface area contributed by atoms with Crippen molar-refractivity contribution in [2.45, 2.75) is 102 Å². The van der Waals surface area contributed by atoms with E-state index in [1.807, 2.05) is 0 Å². The van der Waals surface area contributed by atoms with Crippen molar-refractivity contribution in [3.63, 3.8) is 0 Å². The van der Waals surface area contributed by atoms with Gasteiger partial charge < -0.3 is 23.8 Å². The zero-order valence-electron chi connectivity index (χ0n) is 17.1. The smallest absolute Gasteiger partial charge is 0.192 e. The maximum absolute atomic E-state index is 10.3. The summed E-state index contributed by atoms with van der Waals surface area (Å²) < 4.78 is 18.1. The topological polar surface area (TPSA) is 68.2 Å². The first-order chi connectivity index (χ1) is 10.5. The van der Waals surface area contributed by atoms with Gasteiger partial charge >= 0.3 is 0 Å². The zero-order valence-corrected chi connectivity index (χ0v) is 19.1. The van der Waals surface area contributed by atoms with E-state index in [0.717, 1.165) is 0 Å². The lowest BCUT2D eigenvalue weighted by molar-refractivity contribution is -0.132. The van der Waals surface area contributed by atoms with Gasteiger partial charge in [0.05, 0.1) is 6.61 Å². The molecule has 0 bridgehead atoms. The molecule has 24 heavy (non-hydrogen) atoms. The Kier molecular flexibility index (Phi) is 6.59. The molecule has 1 aliphatic heterocycles. The third-order valence-electron chi connectivity index (χ3n) is 5.96. The van der Waals surface area contributed by atoms with Crippen molar-refractivity contribution in [3.8, 4) is 0 Å². The van der Waals surface area contributed by atoms with Gasteiger partial charge in [-0.05, 0) is 36.3 Å². The summed E-state index contributed by atoms with van der Waals surface area (Å²) in [6.45, 7) is 22.0. The molecule has 0 aromatic heterocycles. The molecule has 0 spiro atoms. The van der Waals surface area contributed by atoms with Gasteiger partial charge in [0.25, 0.3) is 0 Å². The first kappa shape index (κ1) is 22.3. The number of rotatable bonds is 5. The van der Waals surface area contributed by atoms with Gasteiger partial charge in [0.1, 0.15) is 18.3 Å². The molecule has 0 radical (unpaired) electrons. The predicted octanol–water partition coefficient (Wildman–Crippen LogP) is 3.48. The fourth-order valence-electron chi connectivity index (χ4n) is 2.02. The highest BCUT2D eigenvalue weighted by Gasteiger charge is 2.50. The van der Waals surface area contributed by atoms with Crippen LogP contribution in [0.1, 0.15) is 41.5 Å². The summed E-state index contributed by atoms with van der Waals surface area (Å²) in [5, 5.41) is 20.4. The van der Waals surface area contributed by atoms with E-state index in [-0.39, 0.29) is 10.1 Å². The Hall–Kier alpha value is 0.234. The van der Waals surface area contributed by atoms with Crippen molar-refractivity contribution < 1.29 is 23.8 Å². The first-order valence-electron chi connectivity index (χ1n) is 8.83. The van der Waals surface area contributed by atoms with E-state index in [2.05, 4.69) is 67.7 Å². The quantitative estimate of drug-likeness (QED) is 0.717. The van der Waals surface area contributed by atoms with Crippen molar-refractivity contribution in [3.05, 3.63) is 0 Å². The molecule has 1 fully saturated rings. The van der Waals surface area contributed by atoms with E-state index in [4.69, 9.17) is 13.6 Å². The molecule has 0 aliphatic carbocycles. The molecule has 2 N–H and O–H groups in total. The van der Waals surface area contributed by atoms with E-state index >= 15 is 0 Å². The molecular formula is C17H38O5Si2. The summed E-state index contributed by atoms with van der Waals surface area (Å²) in [6, 6.07) is 0. The van der Waals surface area contributed by atoms with Crippen LogP contribution in [0.15, 0.2) is 0 Å². The average molecular weight is 379 g/mol. The van der Waals surface area contributed by atoms with Crippen molar-refractivity contribution in [2.24, 2.45) is 0 Å². The number of aliphatic hydroxyl groups excluding tert-OH is 2. The second kappa shape index (κ2) is 7.10. The predicted molar refractivity (Wildman–Crippen MR) is 102 cm³/mol. The number of aliphatic hydroxyl groups is 2. The first-order valence-corrected chi connectivity index (χ1v) is 14.6. The van der Waals surface area contributed by atoms with Crippen LogP contribution in [0.25, 0.3) is 0 Å². The molecule has 0 unspecified atom stereocenters. The standard InChI is InChI=1S/C17H38O5Si2/c1-16(2,3)23(7,8)20-11-12-14(13(18)15(19)21-12)22-24(9,10)17(4,5)6/h12-15,18-19H,11H2,1-10H3/t12-,13-,14-,15+/m1/s1. The van der Waals surface area contributed by atoms with E-state index in [1.165, 1.54) is 0 Å². The molecule has 1 aliphatic rings. The largest absolute Gasteiger partial charge is 0.414 e. The van der Waals surface area contributed by atoms with E-state index in [1.54, 1.807) is 0 Å². The molecule has 0 aromatic rings. The van der Waals surface area contributed by atoms with E-state index in [0.29, 0.717) is 6.61 Å². The molecular weight excluding hydrogens is 340 g/mol. The minimum absolute atomic E-state index is 0.0189. The Balaban J connectivity index is 2.86. The maximum Gasteiger partial charge on any atom is 0.192 e. The highest BCUT2D eigenvalue weighted by Crippen LogP contribution is 2.40. The summed E-state index contributed by atoms with van der Waals surface area (Å²) in [5.74, 6) is 0. The molecule has 1 rings (SSSR count). The molecule has 4 atom stereocenters. The fourth-order valence-corrected chi connectivity index (χ4v) is 4.36. The van der Waals surface area contributed by atoms with Crippen LogP contribution in [-0.4, -0.2) is 58.1 Å². The fraction of sp³-hybridized carbons (Fsp3) is 1.00. The molecule has 0 amide bonds. The lowest BCUT2D eigenvalue weighted by Crippen LogP contribution is -2.51. The second-order valence-electron chi connectivity index (χ2n) is 9.97. The van der Waals surface area contributed by atoms with Crippen LogP contribution in [0.2, 0.25) is 36.3 Å². The van der Waals surface area contributed by atoms with Crippen LogP contribution in [-0.2, 0) is 13.6 Å². The summed E-state index contributed by atoms with van der Waals surface area (Å²) >= 11 is 0. The Bertz CT molecular complexity index is 426. The van der Waals surface area contributed by atoms with Crippen molar-refractivity contribution in [1.82, 2.24) is 0 Å². The zero-order chi connectivity index (χ0) is 19.1. The third kappa shape index (κ3) is 4.90. The van der Waals surface area contributed by atoms with Crippen LogP contribution in [0.4, 0.5) is 0 Å². The minimum Gasteiger partial charge on any atom is -0.414 e. The van der Waals surface area contributed by atoms with Crippen LogP contribution in [0, 0.1) is 0 Å². The van der Waals surface area contributed by atoms with Gasteiger partial charge in [-0.3, -0.25) is 0 Å². The van der Waals surface area contributed by atoms with Crippen LogP contribution >= 0.6 is 0 Å². The number of hydrogen-bond acceptors (Lipinski definition) is 5.